The summed E-state index contributed by atoms with van der Waals surface area (Å²) in [6.07, 6.45) is 16.6. The molecule has 5 aliphatic carbocycles. The van der Waals surface area contributed by atoms with E-state index in [0.29, 0.717) is 18.1 Å². The summed E-state index contributed by atoms with van der Waals surface area (Å²) in [5.41, 5.74) is 0.608. The molecule has 4 bridgehead atoms. The van der Waals surface area contributed by atoms with Gasteiger partial charge in [-0.2, -0.15) is 0 Å². The third kappa shape index (κ3) is 4.47. The molecule has 3 heteroatoms. The van der Waals surface area contributed by atoms with E-state index in [1.165, 1.54) is 77.0 Å². The van der Waals surface area contributed by atoms with Crippen molar-refractivity contribution in [2.45, 2.75) is 96.1 Å². The van der Waals surface area contributed by atoms with Crippen molar-refractivity contribution in [1.29, 1.82) is 0 Å². The van der Waals surface area contributed by atoms with Crippen molar-refractivity contribution >= 4 is 0 Å². The Morgan fingerprint density at radius 2 is 1.62 bits per heavy atom. The van der Waals surface area contributed by atoms with E-state index in [1.807, 2.05) is 0 Å². The number of rotatable bonds is 9. The summed E-state index contributed by atoms with van der Waals surface area (Å²) >= 11 is 0. The highest BCUT2D eigenvalue weighted by Crippen LogP contribution is 2.61. The predicted molar refractivity (Wildman–Crippen MR) is 106 cm³/mol. The molecule has 150 valence electrons. The number of hydrogen-bond acceptors (Lipinski definition) is 3. The average Bonchev–Trinajstić information content (AvgIpc) is 2.63. The molecule has 0 aromatic rings. The standard InChI is InChI=1S/C23H41NO2/c1-2-24(21-6-4-3-5-7-21)16-22(25)17-26-9-8-23-13-18-10-19(14-23)12-20(11-18)15-23/h18-22,25H,2-17H2,1H3. The molecule has 0 heterocycles. The van der Waals surface area contributed by atoms with Crippen molar-refractivity contribution in [3.05, 3.63) is 0 Å². The molecule has 5 fully saturated rings. The molecule has 5 aliphatic rings. The molecular formula is C23H41NO2. The van der Waals surface area contributed by atoms with Crippen LogP contribution >= 0.6 is 0 Å². The number of hydrogen-bond donors (Lipinski definition) is 1. The maximum Gasteiger partial charge on any atom is 0.0900 e. The van der Waals surface area contributed by atoms with Gasteiger partial charge in [0.25, 0.3) is 0 Å². The molecule has 5 saturated carbocycles. The first-order valence-electron chi connectivity index (χ1n) is 11.7. The van der Waals surface area contributed by atoms with Crippen LogP contribution in [0.1, 0.15) is 84.0 Å². The SMILES string of the molecule is CCN(CC(O)COCCC12CC3CC(CC(C3)C1)C2)C1CCCCC1. The van der Waals surface area contributed by atoms with Gasteiger partial charge >= 0.3 is 0 Å². The predicted octanol–water partition coefficient (Wildman–Crippen LogP) is 4.63. The monoisotopic (exact) mass is 363 g/mol. The topological polar surface area (TPSA) is 32.7 Å². The number of nitrogens with zero attached hydrogens (tertiary/aromatic N) is 1. The minimum absolute atomic E-state index is 0.326. The second-order valence-electron chi connectivity index (χ2n) is 10.3. The summed E-state index contributed by atoms with van der Waals surface area (Å²) < 4.78 is 5.99. The molecule has 1 N–H and O–H groups in total. The van der Waals surface area contributed by atoms with E-state index in [1.54, 1.807) is 0 Å². The second-order valence-corrected chi connectivity index (χ2v) is 10.3. The van der Waals surface area contributed by atoms with Gasteiger partial charge in [-0.1, -0.05) is 26.2 Å². The van der Waals surface area contributed by atoms with Crippen molar-refractivity contribution in [3.63, 3.8) is 0 Å². The lowest BCUT2D eigenvalue weighted by atomic mass is 9.49. The Morgan fingerprint density at radius 1 is 1.00 bits per heavy atom. The van der Waals surface area contributed by atoms with Crippen molar-refractivity contribution in [2.75, 3.05) is 26.3 Å². The Bertz CT molecular complexity index is 410. The average molecular weight is 364 g/mol. The van der Waals surface area contributed by atoms with Crippen LogP contribution in [-0.4, -0.2) is 48.5 Å². The minimum Gasteiger partial charge on any atom is -0.389 e. The third-order valence-corrected chi connectivity index (χ3v) is 8.19. The summed E-state index contributed by atoms with van der Waals surface area (Å²) in [6.45, 7) is 5.46. The van der Waals surface area contributed by atoms with Crippen LogP contribution in [0.15, 0.2) is 0 Å². The molecule has 0 spiro atoms. The largest absolute Gasteiger partial charge is 0.389 e. The molecule has 0 saturated heterocycles. The van der Waals surface area contributed by atoms with Gasteiger partial charge in [0.15, 0.2) is 0 Å². The zero-order valence-electron chi connectivity index (χ0n) is 17.0. The van der Waals surface area contributed by atoms with Crippen molar-refractivity contribution in [3.8, 4) is 0 Å². The molecule has 1 atom stereocenters. The molecule has 0 aromatic heterocycles. The van der Waals surface area contributed by atoms with Gasteiger partial charge in [0, 0.05) is 19.2 Å². The Morgan fingerprint density at radius 3 is 2.19 bits per heavy atom. The fraction of sp³-hybridized carbons (Fsp3) is 1.00. The van der Waals surface area contributed by atoms with Gasteiger partial charge < -0.3 is 9.84 Å². The highest BCUT2D eigenvalue weighted by atomic mass is 16.5. The van der Waals surface area contributed by atoms with Gasteiger partial charge in [-0.15, -0.1) is 0 Å². The Kier molecular flexibility index (Phi) is 6.27. The van der Waals surface area contributed by atoms with Crippen molar-refractivity contribution in [2.24, 2.45) is 23.2 Å². The zero-order chi connectivity index (χ0) is 18.0. The van der Waals surface area contributed by atoms with E-state index in [0.717, 1.165) is 37.5 Å². The minimum atomic E-state index is -0.326. The van der Waals surface area contributed by atoms with Gasteiger partial charge in [0.2, 0.25) is 0 Å². The first kappa shape index (κ1) is 19.2. The molecule has 0 aromatic carbocycles. The first-order chi connectivity index (χ1) is 12.7. The van der Waals surface area contributed by atoms with Crippen LogP contribution in [0.4, 0.5) is 0 Å². The lowest BCUT2D eigenvalue weighted by Crippen LogP contribution is -2.46. The Hall–Kier alpha value is -0.120. The summed E-state index contributed by atoms with van der Waals surface area (Å²) in [5, 5.41) is 10.5. The molecule has 26 heavy (non-hydrogen) atoms. The maximum absolute atomic E-state index is 10.5. The van der Waals surface area contributed by atoms with Crippen LogP contribution in [0.3, 0.4) is 0 Å². The van der Waals surface area contributed by atoms with Crippen LogP contribution in [-0.2, 0) is 4.74 Å². The highest BCUT2D eigenvalue weighted by Gasteiger charge is 2.50. The molecule has 3 nitrogen and oxygen atoms in total. The molecule has 0 aliphatic heterocycles. The maximum atomic E-state index is 10.5. The number of ether oxygens (including phenoxy) is 1. The Balaban J connectivity index is 1.16. The Labute approximate surface area is 160 Å². The van der Waals surface area contributed by atoms with Gasteiger partial charge in [0.1, 0.15) is 0 Å². The van der Waals surface area contributed by atoms with Crippen LogP contribution in [0.2, 0.25) is 0 Å². The van der Waals surface area contributed by atoms with E-state index in [-0.39, 0.29) is 6.10 Å². The summed E-state index contributed by atoms with van der Waals surface area (Å²) in [5.74, 6) is 3.08. The normalized spacial score (nSPS) is 38.2. The van der Waals surface area contributed by atoms with E-state index >= 15 is 0 Å². The van der Waals surface area contributed by atoms with Crippen LogP contribution < -0.4 is 0 Å². The molecule has 0 amide bonds. The van der Waals surface area contributed by atoms with Crippen LogP contribution in [0.25, 0.3) is 0 Å². The van der Waals surface area contributed by atoms with Gasteiger partial charge in [0.05, 0.1) is 12.7 Å². The summed E-state index contributed by atoms with van der Waals surface area (Å²) in [7, 11) is 0. The fourth-order valence-electron chi connectivity index (χ4n) is 7.41. The molecule has 0 radical (unpaired) electrons. The van der Waals surface area contributed by atoms with Crippen LogP contribution in [0, 0.1) is 23.2 Å². The lowest BCUT2D eigenvalue weighted by Gasteiger charge is -2.57. The smallest absolute Gasteiger partial charge is 0.0900 e. The summed E-state index contributed by atoms with van der Waals surface area (Å²) in [6, 6.07) is 0.690. The van der Waals surface area contributed by atoms with Crippen molar-refractivity contribution in [1.82, 2.24) is 4.90 Å². The van der Waals surface area contributed by atoms with E-state index < -0.39 is 0 Å². The van der Waals surface area contributed by atoms with Crippen molar-refractivity contribution < 1.29 is 9.84 Å². The zero-order valence-corrected chi connectivity index (χ0v) is 17.0. The number of aliphatic hydroxyl groups excluding tert-OH is 1. The first-order valence-corrected chi connectivity index (χ1v) is 11.7. The quantitative estimate of drug-likeness (QED) is 0.607. The number of aliphatic hydroxyl groups is 1. The van der Waals surface area contributed by atoms with E-state index in [4.69, 9.17) is 4.74 Å². The van der Waals surface area contributed by atoms with E-state index in [2.05, 4.69) is 11.8 Å². The second kappa shape index (κ2) is 8.49. The lowest BCUT2D eigenvalue weighted by molar-refractivity contribution is -0.0745. The molecule has 1 unspecified atom stereocenters. The highest BCUT2D eigenvalue weighted by molar-refractivity contribution is 5.01. The third-order valence-electron chi connectivity index (χ3n) is 8.19. The summed E-state index contributed by atoms with van der Waals surface area (Å²) in [4.78, 5) is 2.49. The van der Waals surface area contributed by atoms with Gasteiger partial charge in [-0.25, -0.2) is 0 Å². The van der Waals surface area contributed by atoms with E-state index in [9.17, 15) is 5.11 Å². The van der Waals surface area contributed by atoms with Crippen LogP contribution in [0.5, 0.6) is 0 Å². The fourth-order valence-corrected chi connectivity index (χ4v) is 7.41. The number of likely N-dealkylation sites (N-methyl/N-ethyl adjacent to an activating group) is 1. The van der Waals surface area contributed by atoms with Gasteiger partial charge in [-0.05, 0) is 87.5 Å². The molecular weight excluding hydrogens is 322 g/mol. The van der Waals surface area contributed by atoms with Gasteiger partial charge in [-0.3, -0.25) is 4.90 Å². The molecule has 5 rings (SSSR count).